The van der Waals surface area contributed by atoms with Crippen LogP contribution in [0.2, 0.25) is 0 Å². The van der Waals surface area contributed by atoms with E-state index in [1.807, 2.05) is 19.9 Å². The Kier molecular flexibility index (Phi) is 3.51. The Morgan fingerprint density at radius 3 is 2.64 bits per heavy atom. The molecule has 0 unspecified atom stereocenters. The lowest BCUT2D eigenvalue weighted by molar-refractivity contribution is 0.0956. The van der Waals surface area contributed by atoms with Crippen molar-refractivity contribution in [3.8, 4) is 0 Å². The Labute approximate surface area is 84.3 Å². The van der Waals surface area contributed by atoms with Crippen LogP contribution in [-0.2, 0) is 6.42 Å². The summed E-state index contributed by atoms with van der Waals surface area (Å²) in [5.41, 5.74) is 8.18. The highest BCUT2D eigenvalue weighted by molar-refractivity contribution is 5.95. The number of hydrogen-bond donors (Lipinski definition) is 2. The van der Waals surface area contributed by atoms with Crippen LogP contribution in [0.3, 0.4) is 0 Å². The number of nitrogens with two attached hydrogens (primary N) is 1. The van der Waals surface area contributed by atoms with Crippen molar-refractivity contribution in [3.63, 3.8) is 0 Å². The Hall–Kier alpha value is -1.51. The van der Waals surface area contributed by atoms with Gasteiger partial charge in [-0.25, -0.2) is 0 Å². The number of aryl methyl sites for hydroxylation is 1. The molecule has 0 aliphatic heterocycles. The number of benzene rings is 1. The zero-order valence-corrected chi connectivity index (χ0v) is 8.63. The first kappa shape index (κ1) is 10.6. The molecule has 1 aromatic carbocycles. The molecular formula is C11H16N2O. The minimum absolute atomic E-state index is 0.0677. The van der Waals surface area contributed by atoms with Gasteiger partial charge in [0.2, 0.25) is 0 Å². The largest absolute Gasteiger partial charge is 0.398 e. The number of hydrogen-bond acceptors (Lipinski definition) is 2. The molecule has 0 spiro atoms. The second kappa shape index (κ2) is 4.65. The van der Waals surface area contributed by atoms with Crippen LogP contribution in [0.5, 0.6) is 0 Å². The predicted molar refractivity (Wildman–Crippen MR) is 58.2 cm³/mol. The molecule has 3 nitrogen and oxygen atoms in total. The van der Waals surface area contributed by atoms with Crippen LogP contribution in [0.25, 0.3) is 0 Å². The van der Waals surface area contributed by atoms with E-state index in [0.29, 0.717) is 17.8 Å². The van der Waals surface area contributed by atoms with E-state index in [0.717, 1.165) is 12.0 Å². The van der Waals surface area contributed by atoms with Crippen LogP contribution in [0.15, 0.2) is 18.2 Å². The van der Waals surface area contributed by atoms with Crippen molar-refractivity contribution in [2.75, 3.05) is 12.3 Å². The van der Waals surface area contributed by atoms with Crippen molar-refractivity contribution >= 4 is 11.6 Å². The molecule has 0 atom stereocenters. The quantitative estimate of drug-likeness (QED) is 0.714. The van der Waals surface area contributed by atoms with Gasteiger partial charge in [0.25, 0.3) is 5.91 Å². The van der Waals surface area contributed by atoms with Gasteiger partial charge in [0, 0.05) is 17.8 Å². The van der Waals surface area contributed by atoms with E-state index in [-0.39, 0.29) is 5.91 Å². The fraction of sp³-hybridized carbons (Fsp3) is 0.364. The van der Waals surface area contributed by atoms with Crippen molar-refractivity contribution in [3.05, 3.63) is 29.3 Å². The number of nitrogen functional groups attached to an aromatic ring is 1. The van der Waals surface area contributed by atoms with Gasteiger partial charge < -0.3 is 11.1 Å². The summed E-state index contributed by atoms with van der Waals surface area (Å²) in [4.78, 5) is 11.4. The molecule has 0 radical (unpaired) electrons. The van der Waals surface area contributed by atoms with Crippen molar-refractivity contribution in [2.45, 2.75) is 20.3 Å². The van der Waals surface area contributed by atoms with Crippen molar-refractivity contribution in [1.29, 1.82) is 0 Å². The van der Waals surface area contributed by atoms with Crippen LogP contribution in [0.4, 0.5) is 5.69 Å². The molecule has 1 aromatic rings. The first-order valence-electron chi connectivity index (χ1n) is 4.85. The van der Waals surface area contributed by atoms with Crippen LogP contribution >= 0.6 is 0 Å². The van der Waals surface area contributed by atoms with Gasteiger partial charge in [0.15, 0.2) is 0 Å². The van der Waals surface area contributed by atoms with Gasteiger partial charge in [-0.2, -0.15) is 0 Å². The highest BCUT2D eigenvalue weighted by Gasteiger charge is 2.05. The molecule has 0 aromatic heterocycles. The molecule has 0 saturated carbocycles. The molecule has 76 valence electrons. The maximum absolute atomic E-state index is 11.4. The Morgan fingerprint density at radius 1 is 1.43 bits per heavy atom. The molecule has 0 saturated heterocycles. The van der Waals surface area contributed by atoms with E-state index < -0.39 is 0 Å². The van der Waals surface area contributed by atoms with Crippen molar-refractivity contribution < 1.29 is 4.79 Å². The number of carbonyl (C=O) groups is 1. The molecule has 3 heteroatoms. The minimum atomic E-state index is -0.0677. The lowest BCUT2D eigenvalue weighted by Gasteiger charge is -2.06. The van der Waals surface area contributed by atoms with Gasteiger partial charge in [0.05, 0.1) is 0 Å². The van der Waals surface area contributed by atoms with Crippen molar-refractivity contribution in [1.82, 2.24) is 5.32 Å². The first-order valence-corrected chi connectivity index (χ1v) is 4.85. The van der Waals surface area contributed by atoms with Crippen LogP contribution in [-0.4, -0.2) is 12.5 Å². The summed E-state index contributed by atoms with van der Waals surface area (Å²) in [6.07, 6.45) is 0.890. The average molecular weight is 192 g/mol. The minimum Gasteiger partial charge on any atom is -0.398 e. The Morgan fingerprint density at radius 2 is 2.14 bits per heavy atom. The predicted octanol–water partition coefficient (Wildman–Crippen LogP) is 1.58. The van der Waals surface area contributed by atoms with Crippen LogP contribution < -0.4 is 11.1 Å². The van der Waals surface area contributed by atoms with Gasteiger partial charge in [-0.05, 0) is 31.0 Å². The molecule has 3 N–H and O–H groups in total. The van der Waals surface area contributed by atoms with Gasteiger partial charge in [-0.15, -0.1) is 0 Å². The lowest BCUT2D eigenvalue weighted by atomic mass is 10.1. The molecule has 0 aliphatic carbocycles. The highest BCUT2D eigenvalue weighted by Crippen LogP contribution is 2.14. The molecular weight excluding hydrogens is 176 g/mol. The SMILES string of the molecule is CCNC(=O)c1ccc(CC)c(N)c1. The first-order chi connectivity index (χ1) is 6.69. The van der Waals surface area contributed by atoms with E-state index >= 15 is 0 Å². The lowest BCUT2D eigenvalue weighted by Crippen LogP contribution is -2.22. The normalized spacial score (nSPS) is 9.86. The second-order valence-corrected chi connectivity index (χ2v) is 3.13. The highest BCUT2D eigenvalue weighted by atomic mass is 16.1. The average Bonchev–Trinajstić information content (AvgIpc) is 2.18. The van der Waals surface area contributed by atoms with E-state index in [1.54, 1.807) is 12.1 Å². The monoisotopic (exact) mass is 192 g/mol. The van der Waals surface area contributed by atoms with E-state index in [9.17, 15) is 4.79 Å². The van der Waals surface area contributed by atoms with Crippen LogP contribution in [0.1, 0.15) is 29.8 Å². The topological polar surface area (TPSA) is 55.1 Å². The maximum Gasteiger partial charge on any atom is 0.251 e. The number of carbonyl (C=O) groups excluding carboxylic acids is 1. The van der Waals surface area contributed by atoms with Gasteiger partial charge in [-0.1, -0.05) is 13.0 Å². The maximum atomic E-state index is 11.4. The standard InChI is InChI=1S/C11H16N2O/c1-3-8-5-6-9(7-10(8)12)11(14)13-4-2/h5-7H,3-4,12H2,1-2H3,(H,13,14). The van der Waals surface area contributed by atoms with Gasteiger partial charge >= 0.3 is 0 Å². The summed E-state index contributed by atoms with van der Waals surface area (Å²) in [6.45, 7) is 4.56. The summed E-state index contributed by atoms with van der Waals surface area (Å²) in [6, 6.07) is 5.43. The molecule has 0 aliphatic rings. The zero-order chi connectivity index (χ0) is 10.6. The fourth-order valence-corrected chi connectivity index (χ4v) is 1.32. The second-order valence-electron chi connectivity index (χ2n) is 3.13. The molecule has 14 heavy (non-hydrogen) atoms. The third-order valence-electron chi connectivity index (χ3n) is 2.13. The summed E-state index contributed by atoms with van der Waals surface area (Å²) < 4.78 is 0. The summed E-state index contributed by atoms with van der Waals surface area (Å²) in [7, 11) is 0. The number of amides is 1. The van der Waals surface area contributed by atoms with Crippen LogP contribution in [0, 0.1) is 0 Å². The molecule has 0 heterocycles. The summed E-state index contributed by atoms with van der Waals surface area (Å²) >= 11 is 0. The zero-order valence-electron chi connectivity index (χ0n) is 8.63. The number of nitrogens with one attached hydrogen (secondary N) is 1. The smallest absolute Gasteiger partial charge is 0.251 e. The fourth-order valence-electron chi connectivity index (χ4n) is 1.32. The molecule has 0 bridgehead atoms. The van der Waals surface area contributed by atoms with Gasteiger partial charge in [0.1, 0.15) is 0 Å². The van der Waals surface area contributed by atoms with Crippen molar-refractivity contribution in [2.24, 2.45) is 0 Å². The number of anilines is 1. The van der Waals surface area contributed by atoms with E-state index in [1.165, 1.54) is 0 Å². The third kappa shape index (κ3) is 2.25. The summed E-state index contributed by atoms with van der Waals surface area (Å²) in [5, 5.41) is 2.73. The molecule has 1 rings (SSSR count). The van der Waals surface area contributed by atoms with E-state index in [4.69, 9.17) is 5.73 Å². The molecule has 1 amide bonds. The third-order valence-corrected chi connectivity index (χ3v) is 2.13. The van der Waals surface area contributed by atoms with E-state index in [2.05, 4.69) is 5.32 Å². The Balaban J connectivity index is 2.91. The number of rotatable bonds is 3. The Bertz CT molecular complexity index is 334. The summed E-state index contributed by atoms with van der Waals surface area (Å²) in [5.74, 6) is -0.0677. The molecule has 0 fully saturated rings. The van der Waals surface area contributed by atoms with Gasteiger partial charge in [-0.3, -0.25) is 4.79 Å².